The number of hydrogen-bond donors (Lipinski definition) is 2. The van der Waals surface area contributed by atoms with Crippen LogP contribution in [0.2, 0.25) is 0 Å². The molecule has 0 radical (unpaired) electrons. The van der Waals surface area contributed by atoms with Gasteiger partial charge in [0, 0.05) is 11.3 Å². The maximum atomic E-state index is 9.67. The van der Waals surface area contributed by atoms with Gasteiger partial charge in [0.2, 0.25) is 0 Å². The Balaban J connectivity index is 2.07. The summed E-state index contributed by atoms with van der Waals surface area (Å²) in [4.78, 5) is 0. The Morgan fingerprint density at radius 1 is 1.40 bits per heavy atom. The van der Waals surface area contributed by atoms with Gasteiger partial charge in [0.25, 0.3) is 0 Å². The van der Waals surface area contributed by atoms with Gasteiger partial charge < -0.3 is 10.4 Å². The fourth-order valence-electron chi connectivity index (χ4n) is 2.02. The summed E-state index contributed by atoms with van der Waals surface area (Å²) in [6.45, 7) is 0. The lowest BCUT2D eigenvalue weighted by Crippen LogP contribution is -2.27. The van der Waals surface area contributed by atoms with Crippen LogP contribution in [0.15, 0.2) is 24.3 Å². The van der Waals surface area contributed by atoms with Crippen LogP contribution in [0.1, 0.15) is 24.8 Å². The summed E-state index contributed by atoms with van der Waals surface area (Å²) < 4.78 is 0. The molecule has 0 heterocycles. The van der Waals surface area contributed by atoms with Crippen molar-refractivity contribution >= 4 is 5.69 Å². The van der Waals surface area contributed by atoms with Crippen LogP contribution in [0.4, 0.5) is 5.69 Å². The first-order valence-corrected chi connectivity index (χ1v) is 5.31. The zero-order valence-electron chi connectivity index (χ0n) is 8.61. The van der Waals surface area contributed by atoms with E-state index in [9.17, 15) is 5.11 Å². The molecule has 0 aromatic heterocycles. The van der Waals surface area contributed by atoms with E-state index in [4.69, 9.17) is 6.42 Å². The lowest BCUT2D eigenvalue weighted by molar-refractivity contribution is 0.172. The van der Waals surface area contributed by atoms with E-state index in [0.29, 0.717) is 0 Å². The Labute approximate surface area is 90.3 Å². The van der Waals surface area contributed by atoms with Gasteiger partial charge in [-0.3, -0.25) is 0 Å². The Morgan fingerprint density at radius 2 is 2.27 bits per heavy atom. The first kappa shape index (κ1) is 10.1. The predicted molar refractivity (Wildman–Crippen MR) is 61.6 cm³/mol. The molecule has 0 amide bonds. The summed E-state index contributed by atoms with van der Waals surface area (Å²) in [5, 5.41) is 13.0. The zero-order chi connectivity index (χ0) is 10.7. The molecule has 2 heteroatoms. The molecule has 1 saturated carbocycles. The molecule has 2 rings (SSSR count). The van der Waals surface area contributed by atoms with Crippen LogP contribution >= 0.6 is 0 Å². The van der Waals surface area contributed by atoms with E-state index in [0.717, 1.165) is 30.5 Å². The molecule has 0 aliphatic heterocycles. The van der Waals surface area contributed by atoms with Crippen molar-refractivity contribution in [2.75, 3.05) is 5.32 Å². The highest BCUT2D eigenvalue weighted by atomic mass is 16.3. The quantitative estimate of drug-likeness (QED) is 0.717. The minimum absolute atomic E-state index is 0.179. The average Bonchev–Trinajstić information content (AvgIpc) is 2.65. The molecular weight excluding hydrogens is 186 g/mol. The number of benzene rings is 1. The molecule has 0 bridgehead atoms. The van der Waals surface area contributed by atoms with Crippen LogP contribution in [-0.2, 0) is 0 Å². The normalized spacial score (nSPS) is 24.8. The predicted octanol–water partition coefficient (Wildman–Crippen LogP) is 1.99. The zero-order valence-corrected chi connectivity index (χ0v) is 8.61. The van der Waals surface area contributed by atoms with Crippen molar-refractivity contribution < 1.29 is 5.11 Å². The number of nitrogens with one attached hydrogen (secondary N) is 1. The highest BCUT2D eigenvalue weighted by Crippen LogP contribution is 2.23. The summed E-state index contributed by atoms with van der Waals surface area (Å²) >= 11 is 0. The van der Waals surface area contributed by atoms with E-state index in [1.165, 1.54) is 0 Å². The molecule has 1 aromatic carbocycles. The molecule has 2 unspecified atom stereocenters. The molecule has 1 aromatic rings. The van der Waals surface area contributed by atoms with Crippen molar-refractivity contribution in [3.05, 3.63) is 29.8 Å². The summed E-state index contributed by atoms with van der Waals surface area (Å²) in [5.74, 6) is 2.60. The van der Waals surface area contributed by atoms with Gasteiger partial charge in [-0.2, -0.15) is 0 Å². The highest BCUT2D eigenvalue weighted by Gasteiger charge is 2.24. The summed E-state index contributed by atoms with van der Waals surface area (Å²) in [5.41, 5.74) is 1.86. The molecule has 78 valence electrons. The van der Waals surface area contributed by atoms with Gasteiger partial charge in [0.05, 0.1) is 12.1 Å². The van der Waals surface area contributed by atoms with Crippen molar-refractivity contribution in [3.63, 3.8) is 0 Å². The molecule has 0 spiro atoms. The van der Waals surface area contributed by atoms with E-state index in [2.05, 4.69) is 11.2 Å². The summed E-state index contributed by atoms with van der Waals surface area (Å²) in [7, 11) is 0. The molecule has 2 N–H and O–H groups in total. The molecule has 2 atom stereocenters. The number of anilines is 1. The van der Waals surface area contributed by atoms with Gasteiger partial charge in [-0.05, 0) is 37.5 Å². The topological polar surface area (TPSA) is 32.3 Å². The molecule has 2 nitrogen and oxygen atoms in total. The van der Waals surface area contributed by atoms with Crippen molar-refractivity contribution in [1.29, 1.82) is 0 Å². The largest absolute Gasteiger partial charge is 0.391 e. The van der Waals surface area contributed by atoms with Gasteiger partial charge >= 0.3 is 0 Å². The first-order chi connectivity index (χ1) is 7.29. The fraction of sp³-hybridized carbons (Fsp3) is 0.385. The SMILES string of the molecule is C#Cc1cccc(NC2CCCC2O)c1. The summed E-state index contributed by atoms with van der Waals surface area (Å²) in [6.07, 6.45) is 8.12. The van der Waals surface area contributed by atoms with E-state index in [1.54, 1.807) is 0 Å². The number of terminal acetylenes is 1. The highest BCUT2D eigenvalue weighted by molar-refractivity contribution is 5.50. The van der Waals surface area contributed by atoms with Gasteiger partial charge in [-0.25, -0.2) is 0 Å². The number of hydrogen-bond acceptors (Lipinski definition) is 2. The van der Waals surface area contributed by atoms with Gasteiger partial charge in [0.1, 0.15) is 0 Å². The molecular formula is C13H15NO. The first-order valence-electron chi connectivity index (χ1n) is 5.31. The molecule has 0 saturated heterocycles. The minimum Gasteiger partial charge on any atom is -0.391 e. The molecule has 1 fully saturated rings. The lowest BCUT2D eigenvalue weighted by Gasteiger charge is -2.17. The van der Waals surface area contributed by atoms with Crippen LogP contribution < -0.4 is 5.32 Å². The van der Waals surface area contributed by atoms with Crippen LogP contribution in [-0.4, -0.2) is 17.3 Å². The lowest BCUT2D eigenvalue weighted by atomic mass is 10.1. The Hall–Kier alpha value is -1.46. The second-order valence-corrected chi connectivity index (χ2v) is 3.97. The van der Waals surface area contributed by atoms with E-state index in [-0.39, 0.29) is 12.1 Å². The average molecular weight is 201 g/mol. The third-order valence-electron chi connectivity index (χ3n) is 2.86. The summed E-state index contributed by atoms with van der Waals surface area (Å²) in [6, 6.07) is 7.92. The Morgan fingerprint density at radius 3 is 2.93 bits per heavy atom. The molecule has 1 aliphatic carbocycles. The van der Waals surface area contributed by atoms with Crippen molar-refractivity contribution in [3.8, 4) is 12.3 Å². The monoisotopic (exact) mass is 201 g/mol. The van der Waals surface area contributed by atoms with Gasteiger partial charge in [-0.1, -0.05) is 12.0 Å². The van der Waals surface area contributed by atoms with Crippen molar-refractivity contribution in [1.82, 2.24) is 0 Å². The second kappa shape index (κ2) is 4.37. The van der Waals surface area contributed by atoms with Crippen LogP contribution in [0, 0.1) is 12.3 Å². The number of aliphatic hydroxyl groups is 1. The van der Waals surface area contributed by atoms with E-state index >= 15 is 0 Å². The minimum atomic E-state index is -0.223. The fourth-order valence-corrected chi connectivity index (χ4v) is 2.02. The van der Waals surface area contributed by atoms with Crippen LogP contribution in [0.3, 0.4) is 0 Å². The number of rotatable bonds is 2. The maximum absolute atomic E-state index is 9.67. The maximum Gasteiger partial charge on any atom is 0.0741 e. The van der Waals surface area contributed by atoms with Crippen LogP contribution in [0.25, 0.3) is 0 Å². The number of aliphatic hydroxyl groups excluding tert-OH is 1. The standard InChI is InChI=1S/C13H15NO/c1-2-10-5-3-6-11(9-10)14-12-7-4-8-13(12)15/h1,3,5-6,9,12-15H,4,7-8H2. The van der Waals surface area contributed by atoms with E-state index in [1.807, 2.05) is 24.3 Å². The van der Waals surface area contributed by atoms with Gasteiger partial charge in [-0.15, -0.1) is 6.42 Å². The third kappa shape index (κ3) is 2.31. The Bertz CT molecular complexity index is 380. The van der Waals surface area contributed by atoms with Crippen molar-refractivity contribution in [2.45, 2.75) is 31.4 Å². The van der Waals surface area contributed by atoms with Crippen molar-refractivity contribution in [2.24, 2.45) is 0 Å². The second-order valence-electron chi connectivity index (χ2n) is 3.97. The van der Waals surface area contributed by atoms with Crippen LogP contribution in [0.5, 0.6) is 0 Å². The molecule has 15 heavy (non-hydrogen) atoms. The smallest absolute Gasteiger partial charge is 0.0741 e. The Kier molecular flexibility index (Phi) is 2.94. The molecule has 1 aliphatic rings. The van der Waals surface area contributed by atoms with E-state index < -0.39 is 0 Å². The third-order valence-corrected chi connectivity index (χ3v) is 2.86. The van der Waals surface area contributed by atoms with Gasteiger partial charge in [0.15, 0.2) is 0 Å².